The smallest absolute Gasteiger partial charge is 0.239 e. The zero-order valence-corrected chi connectivity index (χ0v) is 9.57. The summed E-state index contributed by atoms with van der Waals surface area (Å²) < 4.78 is 0. The van der Waals surface area contributed by atoms with Gasteiger partial charge in [-0.15, -0.1) is 0 Å². The van der Waals surface area contributed by atoms with Gasteiger partial charge in [0.25, 0.3) is 0 Å². The highest BCUT2D eigenvalue weighted by Gasteiger charge is 2.07. The van der Waals surface area contributed by atoms with Gasteiger partial charge in [0.1, 0.15) is 5.75 Å². The quantitative estimate of drug-likeness (QED) is 0.454. The lowest BCUT2D eigenvalue weighted by Crippen LogP contribution is -1.96. The van der Waals surface area contributed by atoms with Crippen molar-refractivity contribution >= 4 is 5.78 Å². The van der Waals surface area contributed by atoms with E-state index in [4.69, 9.17) is 0 Å². The number of carbonyl (C=O) groups is 1. The molecule has 0 unspecified atom stereocenters. The maximum atomic E-state index is 11.7. The molecule has 86 valence electrons. The zero-order valence-electron chi connectivity index (χ0n) is 9.57. The number of aromatic hydroxyl groups is 1. The average molecular weight is 226 g/mol. The van der Waals surface area contributed by atoms with Gasteiger partial charge in [0.15, 0.2) is 0 Å². The minimum absolute atomic E-state index is 0.00979. The normalized spacial score (nSPS) is 14.5. The molecular weight excluding hydrogens is 212 g/mol. The molecule has 0 saturated heterocycles. The van der Waals surface area contributed by atoms with Crippen LogP contribution in [-0.2, 0) is 0 Å². The zero-order chi connectivity index (χ0) is 12.1. The Morgan fingerprint density at radius 2 is 2.06 bits per heavy atom. The molecule has 0 atom stereocenters. The average Bonchev–Trinajstić information content (AvgIpc) is 2.38. The molecule has 17 heavy (non-hydrogen) atoms. The number of para-hydroxylation sites is 1. The summed E-state index contributed by atoms with van der Waals surface area (Å²) in [5.74, 6) is 5.16. The lowest BCUT2D eigenvalue weighted by molar-refractivity contribution is 0.105. The van der Waals surface area contributed by atoms with Crippen LogP contribution in [-0.4, -0.2) is 10.9 Å². The summed E-state index contributed by atoms with van der Waals surface area (Å²) >= 11 is 0. The number of rotatable bonds is 1. The molecule has 1 aromatic carbocycles. The van der Waals surface area contributed by atoms with Crippen LogP contribution >= 0.6 is 0 Å². The van der Waals surface area contributed by atoms with Gasteiger partial charge >= 0.3 is 0 Å². The molecule has 2 nitrogen and oxygen atoms in total. The molecular formula is C15H14O2. The van der Waals surface area contributed by atoms with E-state index in [0.717, 1.165) is 24.8 Å². The van der Waals surface area contributed by atoms with E-state index >= 15 is 0 Å². The molecule has 0 aliphatic heterocycles. The Morgan fingerprint density at radius 1 is 1.24 bits per heavy atom. The van der Waals surface area contributed by atoms with E-state index in [0.29, 0.717) is 0 Å². The molecule has 0 fully saturated rings. The van der Waals surface area contributed by atoms with Gasteiger partial charge in [0, 0.05) is 0 Å². The monoisotopic (exact) mass is 226 g/mol. The summed E-state index contributed by atoms with van der Waals surface area (Å²) in [5.41, 5.74) is 1.32. The highest BCUT2D eigenvalue weighted by atomic mass is 16.3. The van der Waals surface area contributed by atoms with Crippen molar-refractivity contribution in [3.8, 4) is 17.6 Å². The molecule has 1 aliphatic rings. The van der Waals surface area contributed by atoms with E-state index in [9.17, 15) is 9.90 Å². The molecule has 0 radical (unpaired) electrons. The Labute approximate surface area is 101 Å². The van der Waals surface area contributed by atoms with E-state index in [-0.39, 0.29) is 17.1 Å². The Kier molecular flexibility index (Phi) is 3.62. The number of hydrogen-bond acceptors (Lipinski definition) is 2. The molecule has 0 spiro atoms. The number of benzene rings is 1. The Balaban J connectivity index is 2.15. The Bertz CT molecular complexity index is 515. The van der Waals surface area contributed by atoms with Crippen molar-refractivity contribution in [1.82, 2.24) is 0 Å². The summed E-state index contributed by atoms with van der Waals surface area (Å²) in [7, 11) is 0. The summed E-state index contributed by atoms with van der Waals surface area (Å²) in [4.78, 5) is 11.7. The van der Waals surface area contributed by atoms with Gasteiger partial charge < -0.3 is 5.11 Å². The van der Waals surface area contributed by atoms with E-state index < -0.39 is 0 Å². The van der Waals surface area contributed by atoms with Crippen LogP contribution < -0.4 is 0 Å². The van der Waals surface area contributed by atoms with Crippen molar-refractivity contribution < 1.29 is 9.90 Å². The summed E-state index contributed by atoms with van der Waals surface area (Å²) in [6, 6.07) is 6.48. The second-order valence-corrected chi connectivity index (χ2v) is 4.07. The van der Waals surface area contributed by atoms with Crippen molar-refractivity contribution in [2.75, 3.05) is 0 Å². The molecule has 0 bridgehead atoms. The lowest BCUT2D eigenvalue weighted by Gasteiger charge is -2.05. The topological polar surface area (TPSA) is 37.3 Å². The number of carbonyl (C=O) groups excluding carboxylic acids is 1. The van der Waals surface area contributed by atoms with Crippen LogP contribution in [0, 0.1) is 11.8 Å². The third kappa shape index (κ3) is 2.98. The number of Topliss-reactive ketones (excluding diaryl/α,β-unsaturated/α-hetero) is 1. The lowest BCUT2D eigenvalue weighted by atomic mass is 10.00. The fraction of sp³-hybridized carbons (Fsp3) is 0.267. The predicted molar refractivity (Wildman–Crippen MR) is 66.8 cm³/mol. The van der Waals surface area contributed by atoms with Crippen LogP contribution in [0.25, 0.3) is 0 Å². The second-order valence-electron chi connectivity index (χ2n) is 4.07. The van der Waals surface area contributed by atoms with Crippen molar-refractivity contribution in [3.63, 3.8) is 0 Å². The first-order valence-electron chi connectivity index (χ1n) is 5.81. The highest BCUT2D eigenvalue weighted by molar-refractivity contribution is 6.10. The van der Waals surface area contributed by atoms with Crippen LogP contribution in [0.5, 0.6) is 5.75 Å². The highest BCUT2D eigenvalue weighted by Crippen LogP contribution is 2.17. The van der Waals surface area contributed by atoms with Gasteiger partial charge in [-0.05, 0) is 49.3 Å². The minimum atomic E-state index is -0.324. The first-order valence-corrected chi connectivity index (χ1v) is 5.81. The summed E-state index contributed by atoms with van der Waals surface area (Å²) in [6.45, 7) is 0. The molecule has 1 aromatic rings. The summed E-state index contributed by atoms with van der Waals surface area (Å²) in [6.07, 6.45) is 6.45. The SMILES string of the molecule is O=C(C#CC1=CCCCC1)c1ccccc1O. The van der Waals surface area contributed by atoms with Crippen LogP contribution in [0.2, 0.25) is 0 Å². The second kappa shape index (κ2) is 5.36. The number of ketones is 1. The Morgan fingerprint density at radius 3 is 2.76 bits per heavy atom. The van der Waals surface area contributed by atoms with Gasteiger partial charge in [0.2, 0.25) is 5.78 Å². The van der Waals surface area contributed by atoms with Gasteiger partial charge in [0.05, 0.1) is 5.56 Å². The van der Waals surface area contributed by atoms with Crippen LogP contribution in [0.15, 0.2) is 35.9 Å². The van der Waals surface area contributed by atoms with Crippen LogP contribution in [0.4, 0.5) is 0 Å². The molecule has 2 rings (SSSR count). The first-order chi connectivity index (χ1) is 8.27. The van der Waals surface area contributed by atoms with Gasteiger partial charge in [-0.25, -0.2) is 0 Å². The van der Waals surface area contributed by atoms with Crippen molar-refractivity contribution in [2.24, 2.45) is 0 Å². The number of phenolic OH excluding ortho intramolecular Hbond substituents is 1. The number of phenols is 1. The minimum Gasteiger partial charge on any atom is -0.507 e. The standard InChI is InChI=1S/C15H14O2/c16-14-9-5-4-8-13(14)15(17)11-10-12-6-2-1-3-7-12/h4-6,8-9,16H,1-3,7H2. The summed E-state index contributed by atoms with van der Waals surface area (Å²) in [5, 5.41) is 9.51. The van der Waals surface area contributed by atoms with Crippen molar-refractivity contribution in [2.45, 2.75) is 25.7 Å². The third-order valence-electron chi connectivity index (χ3n) is 2.78. The van der Waals surface area contributed by atoms with Crippen LogP contribution in [0.3, 0.4) is 0 Å². The van der Waals surface area contributed by atoms with E-state index in [1.165, 1.54) is 12.5 Å². The molecule has 1 aliphatic carbocycles. The largest absolute Gasteiger partial charge is 0.507 e. The number of allylic oxidation sites excluding steroid dienone is 2. The van der Waals surface area contributed by atoms with Crippen molar-refractivity contribution in [3.05, 3.63) is 41.5 Å². The van der Waals surface area contributed by atoms with Gasteiger partial charge in [-0.1, -0.05) is 24.1 Å². The van der Waals surface area contributed by atoms with E-state index in [1.807, 2.05) is 0 Å². The van der Waals surface area contributed by atoms with Crippen molar-refractivity contribution in [1.29, 1.82) is 0 Å². The molecule has 0 amide bonds. The third-order valence-corrected chi connectivity index (χ3v) is 2.78. The van der Waals surface area contributed by atoms with Gasteiger partial charge in [-0.3, -0.25) is 4.79 Å². The molecule has 0 aromatic heterocycles. The first kappa shape index (κ1) is 11.5. The van der Waals surface area contributed by atoms with E-state index in [2.05, 4.69) is 17.9 Å². The number of hydrogen-bond donors (Lipinski definition) is 1. The molecule has 0 saturated carbocycles. The fourth-order valence-corrected chi connectivity index (χ4v) is 1.82. The maximum absolute atomic E-state index is 11.7. The molecule has 0 heterocycles. The van der Waals surface area contributed by atoms with Gasteiger partial charge in [-0.2, -0.15) is 0 Å². The predicted octanol–water partition coefficient (Wildman–Crippen LogP) is 3.08. The fourth-order valence-electron chi connectivity index (χ4n) is 1.82. The maximum Gasteiger partial charge on any atom is 0.239 e. The van der Waals surface area contributed by atoms with E-state index in [1.54, 1.807) is 18.2 Å². The molecule has 2 heteroatoms. The van der Waals surface area contributed by atoms with Crippen LogP contribution in [0.1, 0.15) is 36.0 Å². The Hall–Kier alpha value is -2.01. The molecule has 1 N–H and O–H groups in total.